The quantitative estimate of drug-likeness (QED) is 0.133. The molecule has 0 aliphatic rings. The summed E-state index contributed by atoms with van der Waals surface area (Å²) < 4.78 is 10.3. The largest absolute Gasteiger partial charge is 0.391 e. The molecular formula is C27H54O3. The summed E-state index contributed by atoms with van der Waals surface area (Å²) in [6.45, 7) is 13.5. The molecule has 0 amide bonds. The topological polar surface area (TPSA) is 38.7 Å². The highest BCUT2D eigenvalue weighted by Gasteiger charge is 1.96. The van der Waals surface area contributed by atoms with Crippen molar-refractivity contribution in [2.24, 2.45) is 0 Å². The Morgan fingerprint density at radius 2 is 1.00 bits per heavy atom. The second-order valence-electron chi connectivity index (χ2n) is 8.34. The van der Waals surface area contributed by atoms with Crippen LogP contribution in [0.5, 0.6) is 0 Å². The van der Waals surface area contributed by atoms with Gasteiger partial charge in [0.05, 0.1) is 25.9 Å². The summed E-state index contributed by atoms with van der Waals surface area (Å²) in [5.74, 6) is 0. The Hall–Kier alpha value is -0.640. The molecule has 0 fully saturated rings. The lowest BCUT2D eigenvalue weighted by molar-refractivity contribution is 0.0445. The molecule has 0 radical (unpaired) electrons. The minimum Gasteiger partial charge on any atom is -0.391 e. The Morgan fingerprint density at radius 1 is 0.633 bits per heavy atom. The van der Waals surface area contributed by atoms with Crippen molar-refractivity contribution < 1.29 is 14.6 Å². The van der Waals surface area contributed by atoms with E-state index < -0.39 is 0 Å². The average molecular weight is 427 g/mol. The van der Waals surface area contributed by atoms with Gasteiger partial charge >= 0.3 is 0 Å². The molecule has 0 bridgehead atoms. The van der Waals surface area contributed by atoms with Gasteiger partial charge in [0.15, 0.2) is 0 Å². The minimum atomic E-state index is -0.323. The molecule has 0 rings (SSSR count). The Labute approximate surface area is 189 Å². The van der Waals surface area contributed by atoms with Crippen molar-refractivity contribution >= 4 is 0 Å². The number of aliphatic hydroxyl groups is 1. The van der Waals surface area contributed by atoms with Gasteiger partial charge in [-0.3, -0.25) is 0 Å². The predicted molar refractivity (Wildman–Crippen MR) is 133 cm³/mol. The highest BCUT2D eigenvalue weighted by atomic mass is 16.5. The van der Waals surface area contributed by atoms with E-state index in [2.05, 4.69) is 20.1 Å². The molecule has 1 atom stereocenters. The summed E-state index contributed by atoms with van der Waals surface area (Å²) in [6.07, 6.45) is 25.5. The monoisotopic (exact) mass is 426 g/mol. The van der Waals surface area contributed by atoms with Crippen LogP contribution in [-0.4, -0.2) is 37.6 Å². The van der Waals surface area contributed by atoms with Crippen LogP contribution in [0.2, 0.25) is 0 Å². The molecule has 0 aromatic rings. The minimum absolute atomic E-state index is 0.323. The van der Waals surface area contributed by atoms with Crippen molar-refractivity contribution in [3.8, 4) is 0 Å². The highest BCUT2D eigenvalue weighted by Crippen LogP contribution is 2.13. The van der Waals surface area contributed by atoms with Gasteiger partial charge in [0.25, 0.3) is 0 Å². The molecule has 3 heteroatoms. The third-order valence-corrected chi connectivity index (χ3v) is 4.97. The number of unbranched alkanes of at least 4 members (excludes halogenated alkanes) is 15. The van der Waals surface area contributed by atoms with Crippen molar-refractivity contribution in [2.75, 3.05) is 26.4 Å². The summed E-state index contributed by atoms with van der Waals surface area (Å²) in [7, 11) is 0. The lowest BCUT2D eigenvalue weighted by Gasteiger charge is -2.06. The summed E-state index contributed by atoms with van der Waals surface area (Å²) in [5.41, 5.74) is 0. The lowest BCUT2D eigenvalue weighted by atomic mass is 10.0. The van der Waals surface area contributed by atoms with E-state index in [4.69, 9.17) is 14.6 Å². The Bertz CT molecular complexity index is 307. The molecule has 1 unspecified atom stereocenters. The SMILES string of the molecule is C=CCOCC=C.CCCCCCCCCCCCCCCCCCOCC(C)O. The van der Waals surface area contributed by atoms with Crippen LogP contribution in [0.15, 0.2) is 25.3 Å². The number of rotatable bonds is 23. The van der Waals surface area contributed by atoms with Crippen LogP contribution in [0.1, 0.15) is 117 Å². The molecule has 0 saturated carbocycles. The average Bonchev–Trinajstić information content (AvgIpc) is 2.73. The predicted octanol–water partition coefficient (Wildman–Crippen LogP) is 8.02. The maximum atomic E-state index is 9.06. The van der Waals surface area contributed by atoms with Crippen molar-refractivity contribution in [3.63, 3.8) is 0 Å². The molecule has 30 heavy (non-hydrogen) atoms. The van der Waals surface area contributed by atoms with Gasteiger partial charge < -0.3 is 14.6 Å². The van der Waals surface area contributed by atoms with Gasteiger partial charge in [0, 0.05) is 6.61 Å². The Morgan fingerprint density at radius 3 is 1.33 bits per heavy atom. The summed E-state index contributed by atoms with van der Waals surface area (Å²) in [4.78, 5) is 0. The third-order valence-electron chi connectivity index (χ3n) is 4.97. The van der Waals surface area contributed by atoms with Gasteiger partial charge in [-0.1, -0.05) is 115 Å². The van der Waals surface area contributed by atoms with E-state index in [1.54, 1.807) is 19.1 Å². The van der Waals surface area contributed by atoms with Gasteiger partial charge in [-0.05, 0) is 13.3 Å². The molecule has 0 aliphatic heterocycles. The first-order valence-electron chi connectivity index (χ1n) is 12.7. The third kappa shape index (κ3) is 34.8. The first kappa shape index (κ1) is 31.5. The smallest absolute Gasteiger partial charge is 0.0745 e. The van der Waals surface area contributed by atoms with E-state index in [1.165, 1.54) is 96.3 Å². The van der Waals surface area contributed by atoms with Crippen molar-refractivity contribution in [1.29, 1.82) is 0 Å². The first-order chi connectivity index (χ1) is 14.7. The molecule has 180 valence electrons. The van der Waals surface area contributed by atoms with Gasteiger partial charge in [0.2, 0.25) is 0 Å². The maximum Gasteiger partial charge on any atom is 0.0745 e. The van der Waals surface area contributed by atoms with Crippen LogP contribution in [0.4, 0.5) is 0 Å². The van der Waals surface area contributed by atoms with Crippen molar-refractivity contribution in [2.45, 2.75) is 123 Å². The molecule has 0 saturated heterocycles. The van der Waals surface area contributed by atoms with Gasteiger partial charge in [-0.25, -0.2) is 0 Å². The van der Waals surface area contributed by atoms with E-state index >= 15 is 0 Å². The van der Waals surface area contributed by atoms with Crippen LogP contribution < -0.4 is 0 Å². The van der Waals surface area contributed by atoms with E-state index in [-0.39, 0.29) is 6.10 Å². The summed E-state index contributed by atoms with van der Waals surface area (Å²) >= 11 is 0. The summed E-state index contributed by atoms with van der Waals surface area (Å²) in [5, 5.41) is 9.06. The van der Waals surface area contributed by atoms with Gasteiger partial charge in [-0.15, -0.1) is 13.2 Å². The van der Waals surface area contributed by atoms with Crippen LogP contribution in [0.3, 0.4) is 0 Å². The zero-order valence-electron chi connectivity index (χ0n) is 20.6. The molecule has 1 N–H and O–H groups in total. The van der Waals surface area contributed by atoms with E-state index in [9.17, 15) is 0 Å². The van der Waals surface area contributed by atoms with Gasteiger partial charge in [0.1, 0.15) is 0 Å². The number of hydrogen-bond donors (Lipinski definition) is 1. The number of ether oxygens (including phenoxy) is 2. The van der Waals surface area contributed by atoms with E-state index in [0.29, 0.717) is 19.8 Å². The zero-order valence-corrected chi connectivity index (χ0v) is 20.6. The zero-order chi connectivity index (χ0) is 22.5. The Kier molecular flexibility index (Phi) is 32.1. The molecular weight excluding hydrogens is 372 g/mol. The van der Waals surface area contributed by atoms with Crippen LogP contribution in [0, 0.1) is 0 Å². The van der Waals surface area contributed by atoms with Crippen molar-refractivity contribution in [1.82, 2.24) is 0 Å². The van der Waals surface area contributed by atoms with E-state index in [0.717, 1.165) is 13.0 Å². The Balaban J connectivity index is 0. The van der Waals surface area contributed by atoms with Crippen LogP contribution in [0.25, 0.3) is 0 Å². The fourth-order valence-electron chi connectivity index (χ4n) is 3.24. The fourth-order valence-corrected chi connectivity index (χ4v) is 3.24. The van der Waals surface area contributed by atoms with Crippen LogP contribution >= 0.6 is 0 Å². The molecule has 0 aromatic carbocycles. The standard InChI is InChI=1S/C21H44O2.C6H10O/c1-3-4-5-6-7-8-9-10-11-12-13-14-15-16-17-18-19-23-20-21(2)22;1-3-5-7-6-4-2/h21-22H,3-20H2,1-2H3;3-4H,1-2,5-6H2. The first-order valence-corrected chi connectivity index (χ1v) is 12.7. The molecule has 3 nitrogen and oxygen atoms in total. The van der Waals surface area contributed by atoms with Crippen LogP contribution in [-0.2, 0) is 9.47 Å². The molecule has 0 heterocycles. The fraction of sp³-hybridized carbons (Fsp3) is 0.852. The number of aliphatic hydroxyl groups excluding tert-OH is 1. The highest BCUT2D eigenvalue weighted by molar-refractivity contribution is 4.68. The van der Waals surface area contributed by atoms with E-state index in [1.807, 2.05) is 0 Å². The van der Waals surface area contributed by atoms with Gasteiger partial charge in [-0.2, -0.15) is 0 Å². The second-order valence-corrected chi connectivity index (χ2v) is 8.34. The molecule has 0 aliphatic carbocycles. The summed E-state index contributed by atoms with van der Waals surface area (Å²) in [6, 6.07) is 0. The lowest BCUT2D eigenvalue weighted by Crippen LogP contribution is -2.10. The maximum absolute atomic E-state index is 9.06. The molecule has 0 spiro atoms. The number of hydrogen-bond acceptors (Lipinski definition) is 3. The molecule has 0 aromatic heterocycles. The normalized spacial score (nSPS) is 11.6. The van der Waals surface area contributed by atoms with Crippen molar-refractivity contribution in [3.05, 3.63) is 25.3 Å². The second kappa shape index (κ2) is 30.6.